The number of aliphatic carboxylic acids is 4. The molecule has 1 aliphatic heterocycles. The molecule has 0 aromatic heterocycles. The summed E-state index contributed by atoms with van der Waals surface area (Å²) >= 11 is 0. The summed E-state index contributed by atoms with van der Waals surface area (Å²) in [4.78, 5) is 303. The molecule has 0 radical (unpaired) electrons. The average Bonchev–Trinajstić information content (AvgIpc) is 1.61. The number of amides is 18. The first-order valence-corrected chi connectivity index (χ1v) is 48.4. The molecule has 0 saturated carbocycles. The number of aliphatic hydroxyl groups is 4. The van der Waals surface area contributed by atoms with Gasteiger partial charge in [0.25, 0.3) is 0 Å². The number of nitrogens with two attached hydrogens (primary N) is 3. The number of rotatable bonds is 63. The first-order chi connectivity index (χ1) is 70.4. The maximum absolute atomic E-state index is 15.0. The maximum Gasteiger partial charge on any atom is 0.446 e. The van der Waals surface area contributed by atoms with Crippen molar-refractivity contribution in [1.29, 1.82) is 0 Å². The number of phenolic OH excluding ortho intramolecular Hbond substituents is 3. The second-order valence-electron chi connectivity index (χ2n) is 35.8. The van der Waals surface area contributed by atoms with E-state index in [2.05, 4.69) is 73.3 Å². The maximum atomic E-state index is 15.0. The number of hydrogen-bond acceptors (Lipinski definition) is 33. The van der Waals surface area contributed by atoms with Crippen LogP contribution in [0.4, 0.5) is 0 Å². The molecule has 824 valence electrons. The lowest BCUT2D eigenvalue weighted by Gasteiger charge is -2.32. The van der Waals surface area contributed by atoms with Crippen LogP contribution in [0, 0.1) is 17.8 Å². The van der Waals surface area contributed by atoms with E-state index in [1.54, 1.807) is 6.92 Å². The Kier molecular flexibility index (Phi) is 49.7. The van der Waals surface area contributed by atoms with Gasteiger partial charge in [0.15, 0.2) is 0 Å². The number of hydrogen-bond donors (Lipinski definition) is 30. The van der Waals surface area contributed by atoms with E-state index in [0.29, 0.717) is 5.56 Å². The Balaban J connectivity index is 1.40. The lowest BCUT2D eigenvalue weighted by atomic mass is 9.96. The molecule has 4 aromatic carbocycles. The molecule has 33 N–H and O–H groups in total. The van der Waals surface area contributed by atoms with Crippen molar-refractivity contribution in [1.82, 2.24) is 84.7 Å². The third-order valence-electron chi connectivity index (χ3n) is 23.7. The Hall–Kier alpha value is -15.9. The van der Waals surface area contributed by atoms with Crippen LogP contribution < -0.4 is 101 Å². The Morgan fingerprint density at radius 2 is 0.693 bits per heavy atom. The molecule has 57 heteroatoms. The summed E-state index contributed by atoms with van der Waals surface area (Å²) in [6.45, 7) is 5.91. The van der Waals surface area contributed by atoms with Crippen LogP contribution >= 0.6 is 0 Å². The van der Waals surface area contributed by atoms with Crippen LogP contribution in [0.1, 0.15) is 141 Å². The highest BCUT2D eigenvalue weighted by molar-refractivity contribution is 7.81. The molecule has 0 unspecified atom stereocenters. The number of nitrogens with one attached hydrogen (secondary N) is 15. The fraction of sp³-hybridized carbons (Fsp3) is 0.505. The van der Waals surface area contributed by atoms with E-state index >= 15 is 4.79 Å². The van der Waals surface area contributed by atoms with Gasteiger partial charge in [0.2, 0.25) is 106 Å². The quantitative estimate of drug-likeness (QED) is 0.0183. The van der Waals surface area contributed by atoms with Crippen LogP contribution in [0.2, 0.25) is 0 Å². The van der Waals surface area contributed by atoms with Crippen LogP contribution in [-0.2, 0) is 142 Å². The van der Waals surface area contributed by atoms with Gasteiger partial charge in [0.1, 0.15) is 120 Å². The normalized spacial score (nSPS) is 16.1. The van der Waals surface area contributed by atoms with Gasteiger partial charge in [-0.1, -0.05) is 103 Å². The molecular formula is C93H129N19O37S. The van der Waals surface area contributed by atoms with Crippen LogP contribution in [0.5, 0.6) is 23.0 Å². The molecule has 20 atom stereocenters. The van der Waals surface area contributed by atoms with Gasteiger partial charge in [-0.05, 0) is 121 Å². The number of carbonyl (C=O) groups excluding carboxylic acids is 18. The average molecular weight is 2140 g/mol. The number of benzene rings is 4. The first-order valence-electron chi connectivity index (χ1n) is 47.1. The number of aromatic hydroxyl groups is 3. The second kappa shape index (κ2) is 59.8. The Morgan fingerprint density at radius 3 is 1.09 bits per heavy atom. The monoisotopic (exact) mass is 2140 g/mol. The molecule has 4 aromatic rings. The van der Waals surface area contributed by atoms with Gasteiger partial charge >= 0.3 is 34.3 Å². The number of primary amides is 2. The van der Waals surface area contributed by atoms with Gasteiger partial charge in [-0.15, -0.1) is 0 Å². The Labute approximate surface area is 857 Å². The van der Waals surface area contributed by atoms with E-state index in [4.69, 9.17) is 22.3 Å². The predicted molar refractivity (Wildman–Crippen MR) is 517 cm³/mol. The van der Waals surface area contributed by atoms with Crippen molar-refractivity contribution in [2.24, 2.45) is 35.0 Å². The van der Waals surface area contributed by atoms with E-state index in [0.717, 1.165) is 48.2 Å². The van der Waals surface area contributed by atoms with Crippen molar-refractivity contribution in [2.75, 3.05) is 26.4 Å². The Bertz CT molecular complexity index is 5570. The van der Waals surface area contributed by atoms with Crippen LogP contribution in [-0.4, -0.2) is 339 Å². The minimum absolute atomic E-state index is 0.00225. The fourth-order valence-corrected chi connectivity index (χ4v) is 15.4. The number of phenols is 3. The standard InChI is InChI=1S/C93H129N19O37S/c1-8-44(5)74(89(140)104-62(38-69(96)121)82(133)100-59(36-50-18-26-54(27-19-50)149-150(146,147)148)80(131)101-61(35-49-16-24-53(119)25-17-49)83(134)111-76(46(7)116)91(142)106-64(40-113)85(136)98-57(93(144)145)29-31-70(122)123)109-84(135)63(39-72(126)127)102-81(132)60(34-48-14-22-52(118)23-15-48)103-90(141)75(45(6)9-2)110-87(138)67-11-10-32-112(67)92(143)66(42-115)107-86(137)65(41-114)105-88(139)73(43(3)4)108-78(129)56(28-30-68(95)120)97-79(130)58(33-47-12-20-51(117)21-13-47)99-77(128)55(94)37-71(124)125/h12-27,43-46,55-67,73-76,113-119H,8-11,28-42,94H2,1-7H3,(H2,95,120)(H2,96,121)(H,97,130)(H,98,136)(H,99,128)(H,100,133)(H,101,131)(H,102,132)(H,103,141)(H,104,140)(H,105,139)(H,106,142)(H,107,137)(H,108,129)(H,109,135)(H,110,138)(H,111,134)(H,122,123)(H,124,125)(H,126,127)(H,144,145)(H,146,147,148)/t44-,45-,46+,55-,56-,57-,58-,59-,60-,61-,62-,63-,64-,65-,66-,67-,73-,74-,75-,76-/m0/s1. The molecule has 5 rings (SSSR count). The van der Waals surface area contributed by atoms with Crippen LogP contribution in [0.15, 0.2) is 97.1 Å². The lowest BCUT2D eigenvalue weighted by Crippen LogP contribution is -2.63. The van der Waals surface area contributed by atoms with Gasteiger partial charge in [-0.25, -0.2) is 4.79 Å². The molecule has 150 heavy (non-hydrogen) atoms. The van der Waals surface area contributed by atoms with Gasteiger partial charge in [-0.3, -0.25) is 105 Å². The fourth-order valence-electron chi connectivity index (χ4n) is 15.0. The highest BCUT2D eigenvalue weighted by atomic mass is 32.3. The highest BCUT2D eigenvalue weighted by Crippen LogP contribution is 2.24. The minimum Gasteiger partial charge on any atom is -0.508 e. The summed E-state index contributed by atoms with van der Waals surface area (Å²) in [7, 11) is -5.14. The summed E-state index contributed by atoms with van der Waals surface area (Å²) in [6, 6.07) is -12.6. The third kappa shape index (κ3) is 41.1. The van der Waals surface area contributed by atoms with E-state index in [9.17, 15) is 165 Å². The number of nitrogens with zero attached hydrogens (tertiary/aromatic N) is 1. The SMILES string of the molecule is CC[C@H](C)[C@H](NC(=O)[C@H](CC(=O)O)NC(=O)[C@H](Cc1ccc(O)cc1)NC(=O)[C@@H](NC(=O)[C@@H]1CCCN1C(=O)[C@H](CO)NC(=O)[C@H](CO)NC(=O)[C@@H](NC(=O)[C@H](CCC(N)=O)NC(=O)[C@H](Cc1ccc(O)cc1)NC(=O)[C@@H](N)CC(=O)O)C(C)C)[C@@H](C)CC)C(=O)N[C@@H](CC(N)=O)C(=O)N[C@@H](Cc1ccc(OS(=O)(=O)O)cc1)C(=O)N[C@@H](Cc1ccc(O)cc1)C(=O)N[C@H](C(=O)N[C@@H](CO)C(=O)N[C@@H](CCC(=O)O)C(=O)O)[C@@H](C)O. The molecular weight excluding hydrogens is 2010 g/mol. The molecule has 1 fully saturated rings. The largest absolute Gasteiger partial charge is 0.508 e. The van der Waals surface area contributed by atoms with Crippen molar-refractivity contribution >= 4 is 141 Å². The second-order valence-corrected chi connectivity index (χ2v) is 36.9. The van der Waals surface area contributed by atoms with Crippen molar-refractivity contribution in [3.63, 3.8) is 0 Å². The van der Waals surface area contributed by atoms with Crippen LogP contribution in [0.3, 0.4) is 0 Å². The van der Waals surface area contributed by atoms with Gasteiger partial charge in [-0.2, -0.15) is 8.42 Å². The summed E-state index contributed by atoms with van der Waals surface area (Å²) in [5.74, 6) is -32.8. The zero-order chi connectivity index (χ0) is 113. The van der Waals surface area contributed by atoms with E-state index in [1.165, 1.54) is 95.3 Å². The van der Waals surface area contributed by atoms with Crippen molar-refractivity contribution in [3.8, 4) is 23.0 Å². The number of carbonyl (C=O) groups is 22. The number of aliphatic hydroxyl groups excluding tert-OH is 4. The minimum atomic E-state index is -5.14. The molecule has 0 bridgehead atoms. The summed E-state index contributed by atoms with van der Waals surface area (Å²) < 4.78 is 37.2. The zero-order valence-electron chi connectivity index (χ0n) is 82.5. The van der Waals surface area contributed by atoms with Crippen molar-refractivity contribution in [2.45, 2.75) is 254 Å². The molecule has 1 saturated heterocycles. The molecule has 56 nitrogen and oxygen atoms in total. The van der Waals surface area contributed by atoms with Crippen molar-refractivity contribution < 1.29 is 179 Å². The van der Waals surface area contributed by atoms with Crippen molar-refractivity contribution in [3.05, 3.63) is 119 Å². The summed E-state index contributed by atoms with van der Waals surface area (Å²) in [6.07, 6.45) is -9.86. The molecule has 1 aliphatic rings. The molecule has 18 amide bonds. The smallest absolute Gasteiger partial charge is 0.446 e. The van der Waals surface area contributed by atoms with Gasteiger partial charge < -0.3 is 162 Å². The summed E-state index contributed by atoms with van der Waals surface area (Å²) in [5, 5.41) is 145. The third-order valence-corrected chi connectivity index (χ3v) is 24.1. The van der Waals surface area contributed by atoms with Gasteiger partial charge in [0.05, 0.1) is 51.2 Å². The number of likely N-dealkylation sites (tertiary alicyclic amines) is 1. The van der Waals surface area contributed by atoms with E-state index in [1.807, 2.05) is 10.6 Å². The zero-order valence-corrected chi connectivity index (χ0v) is 83.3. The van der Waals surface area contributed by atoms with Gasteiger partial charge in [0, 0.05) is 45.1 Å². The highest BCUT2D eigenvalue weighted by Gasteiger charge is 2.45. The molecule has 0 aliphatic carbocycles. The number of carboxylic acid groups (broad SMARTS) is 4. The molecule has 1 heterocycles. The predicted octanol–water partition coefficient (Wildman–Crippen LogP) is -9.01. The summed E-state index contributed by atoms with van der Waals surface area (Å²) in [5.41, 5.74) is 17.5. The van der Waals surface area contributed by atoms with E-state index in [-0.39, 0.29) is 72.6 Å². The number of carboxylic acids is 4. The molecule has 0 spiro atoms. The topological polar surface area (TPSA) is 923 Å². The van der Waals surface area contributed by atoms with Crippen LogP contribution in [0.25, 0.3) is 0 Å². The van der Waals surface area contributed by atoms with E-state index < -0.39 is 357 Å². The lowest BCUT2D eigenvalue weighted by molar-refractivity contribution is -0.144. The first kappa shape index (κ1) is 125. The Morgan fingerprint density at radius 1 is 0.373 bits per heavy atom.